The van der Waals surface area contributed by atoms with Gasteiger partial charge >= 0.3 is 0 Å². The third-order valence-corrected chi connectivity index (χ3v) is 3.51. The zero-order chi connectivity index (χ0) is 13.1. The van der Waals surface area contributed by atoms with Gasteiger partial charge in [0.15, 0.2) is 0 Å². The second-order valence-corrected chi connectivity index (χ2v) is 5.99. The lowest BCUT2D eigenvalue weighted by Crippen LogP contribution is -1.97. The molecule has 2 aromatic rings. The van der Waals surface area contributed by atoms with E-state index in [0.29, 0.717) is 23.1 Å². The molecule has 5 heteroatoms. The Bertz CT molecular complexity index is 555. The Hall–Kier alpha value is -0.710. The smallest absolute Gasteiger partial charge is 0.138 e. The summed E-state index contributed by atoms with van der Waals surface area (Å²) in [5.74, 6) is 0.651. The van der Waals surface area contributed by atoms with Crippen molar-refractivity contribution in [1.29, 1.82) is 0 Å². The van der Waals surface area contributed by atoms with Gasteiger partial charge in [0.25, 0.3) is 0 Å². The minimum absolute atomic E-state index is 0.422. The first-order valence-electron chi connectivity index (χ1n) is 5.17. The van der Waals surface area contributed by atoms with Crippen LogP contribution in [0.4, 0.5) is 5.69 Å². The quantitative estimate of drug-likeness (QED) is 0.745. The predicted molar refractivity (Wildman–Crippen MR) is 82.0 cm³/mol. The van der Waals surface area contributed by atoms with Crippen molar-refractivity contribution < 1.29 is 4.74 Å². The van der Waals surface area contributed by atoms with Gasteiger partial charge in [-0.1, -0.05) is 43.5 Å². The van der Waals surface area contributed by atoms with Crippen molar-refractivity contribution in [3.63, 3.8) is 0 Å². The van der Waals surface area contributed by atoms with Crippen molar-refractivity contribution in [2.45, 2.75) is 6.61 Å². The zero-order valence-corrected chi connectivity index (χ0v) is 13.2. The first-order chi connectivity index (χ1) is 8.54. The lowest BCUT2D eigenvalue weighted by molar-refractivity contribution is 0.306. The highest BCUT2D eigenvalue weighted by atomic mass is 79.9. The van der Waals surface area contributed by atoms with Crippen molar-refractivity contribution in [3.8, 4) is 5.75 Å². The molecule has 2 rings (SSSR count). The standard InChI is InChI=1S/C13H10Br2ClNO/c14-9-1-2-13(12(16)6-9)18-7-8-3-10(15)5-11(17)4-8/h1-6H,7,17H2. The number of ether oxygens (including phenoxy) is 1. The summed E-state index contributed by atoms with van der Waals surface area (Å²) in [6.45, 7) is 0.422. The minimum atomic E-state index is 0.422. The molecule has 0 radical (unpaired) electrons. The van der Waals surface area contributed by atoms with Crippen LogP contribution in [0, 0.1) is 0 Å². The highest BCUT2D eigenvalue weighted by Crippen LogP contribution is 2.28. The van der Waals surface area contributed by atoms with Crippen LogP contribution in [0.15, 0.2) is 45.3 Å². The fourth-order valence-corrected chi connectivity index (χ4v) is 2.80. The van der Waals surface area contributed by atoms with E-state index in [9.17, 15) is 0 Å². The summed E-state index contributed by atoms with van der Waals surface area (Å²) < 4.78 is 7.51. The molecule has 0 bridgehead atoms. The molecule has 0 aromatic heterocycles. The van der Waals surface area contributed by atoms with Crippen LogP contribution < -0.4 is 10.5 Å². The van der Waals surface area contributed by atoms with Crippen LogP contribution in [0.5, 0.6) is 5.75 Å². The molecule has 2 N–H and O–H groups in total. The summed E-state index contributed by atoms with van der Waals surface area (Å²) in [7, 11) is 0. The third kappa shape index (κ3) is 3.64. The fraction of sp³-hybridized carbons (Fsp3) is 0.0769. The number of hydrogen-bond acceptors (Lipinski definition) is 2. The molecule has 2 nitrogen and oxygen atoms in total. The molecule has 0 saturated heterocycles. The molecule has 0 saturated carbocycles. The van der Waals surface area contributed by atoms with Crippen molar-refractivity contribution in [3.05, 3.63) is 55.9 Å². The van der Waals surface area contributed by atoms with Crippen molar-refractivity contribution in [2.75, 3.05) is 5.73 Å². The molecule has 0 fully saturated rings. The Balaban J connectivity index is 2.11. The van der Waals surface area contributed by atoms with Crippen LogP contribution in [-0.4, -0.2) is 0 Å². The Morgan fingerprint density at radius 2 is 1.83 bits per heavy atom. The Morgan fingerprint density at radius 3 is 2.50 bits per heavy atom. The van der Waals surface area contributed by atoms with Crippen LogP contribution in [-0.2, 0) is 6.61 Å². The Kier molecular flexibility index (Phi) is 4.54. The molecular weight excluding hydrogens is 381 g/mol. The molecule has 0 amide bonds. The van der Waals surface area contributed by atoms with Crippen LogP contribution in [0.3, 0.4) is 0 Å². The SMILES string of the molecule is Nc1cc(Br)cc(COc2ccc(Br)cc2Cl)c1. The Labute approximate surface area is 127 Å². The first-order valence-corrected chi connectivity index (χ1v) is 7.14. The average molecular weight is 391 g/mol. The van der Waals surface area contributed by atoms with Crippen LogP contribution in [0.25, 0.3) is 0 Å². The van der Waals surface area contributed by atoms with E-state index < -0.39 is 0 Å². The molecule has 0 heterocycles. The number of nitrogens with two attached hydrogens (primary N) is 1. The molecule has 18 heavy (non-hydrogen) atoms. The summed E-state index contributed by atoms with van der Waals surface area (Å²) in [6.07, 6.45) is 0. The maximum absolute atomic E-state index is 6.07. The normalized spacial score (nSPS) is 10.4. The second-order valence-electron chi connectivity index (χ2n) is 3.76. The predicted octanol–water partition coefficient (Wildman–Crippen LogP) is 5.03. The van der Waals surface area contributed by atoms with Gasteiger partial charge in [0.1, 0.15) is 12.4 Å². The molecule has 0 aliphatic heterocycles. The summed E-state index contributed by atoms with van der Waals surface area (Å²) in [4.78, 5) is 0. The summed E-state index contributed by atoms with van der Waals surface area (Å²) in [5.41, 5.74) is 7.45. The van der Waals surface area contributed by atoms with E-state index in [0.717, 1.165) is 14.5 Å². The zero-order valence-electron chi connectivity index (χ0n) is 9.29. The van der Waals surface area contributed by atoms with Crippen LogP contribution in [0.2, 0.25) is 5.02 Å². The fourth-order valence-electron chi connectivity index (χ4n) is 1.51. The van der Waals surface area contributed by atoms with Crippen molar-refractivity contribution in [2.24, 2.45) is 0 Å². The number of halogens is 3. The average Bonchev–Trinajstić information content (AvgIpc) is 2.26. The van der Waals surface area contributed by atoms with Gasteiger partial charge in [-0.15, -0.1) is 0 Å². The van der Waals surface area contributed by atoms with Crippen LogP contribution in [0.1, 0.15) is 5.56 Å². The van der Waals surface area contributed by atoms with E-state index in [1.807, 2.05) is 30.3 Å². The van der Waals surface area contributed by atoms with Gasteiger partial charge in [-0.25, -0.2) is 0 Å². The highest BCUT2D eigenvalue weighted by molar-refractivity contribution is 9.10. The maximum Gasteiger partial charge on any atom is 0.138 e. The molecule has 2 aromatic carbocycles. The van der Waals surface area contributed by atoms with E-state index in [4.69, 9.17) is 22.1 Å². The largest absolute Gasteiger partial charge is 0.487 e. The lowest BCUT2D eigenvalue weighted by Gasteiger charge is -2.09. The van der Waals surface area contributed by atoms with Gasteiger partial charge in [-0.2, -0.15) is 0 Å². The second kappa shape index (κ2) is 5.95. The summed E-state index contributed by atoms with van der Waals surface area (Å²) in [5, 5.41) is 0.576. The summed E-state index contributed by atoms with van der Waals surface area (Å²) >= 11 is 12.8. The minimum Gasteiger partial charge on any atom is -0.487 e. The number of anilines is 1. The van der Waals surface area contributed by atoms with Gasteiger partial charge in [0, 0.05) is 14.6 Å². The molecule has 0 atom stereocenters. The number of hydrogen-bond donors (Lipinski definition) is 1. The van der Waals surface area contributed by atoms with Gasteiger partial charge in [0.05, 0.1) is 5.02 Å². The van der Waals surface area contributed by atoms with Crippen LogP contribution >= 0.6 is 43.5 Å². The first kappa shape index (κ1) is 13.7. The van der Waals surface area contributed by atoms with Crippen molar-refractivity contribution in [1.82, 2.24) is 0 Å². The third-order valence-electron chi connectivity index (χ3n) is 2.27. The van der Waals surface area contributed by atoms with E-state index in [1.54, 1.807) is 6.07 Å². The molecule has 0 unspecified atom stereocenters. The molecule has 0 spiro atoms. The number of benzene rings is 2. The lowest BCUT2D eigenvalue weighted by atomic mass is 10.2. The van der Waals surface area contributed by atoms with Gasteiger partial charge in [-0.05, 0) is 42.0 Å². The van der Waals surface area contributed by atoms with Gasteiger partial charge in [0.2, 0.25) is 0 Å². The monoisotopic (exact) mass is 389 g/mol. The van der Waals surface area contributed by atoms with E-state index in [-0.39, 0.29) is 0 Å². The molecule has 0 aliphatic carbocycles. The maximum atomic E-state index is 6.07. The number of rotatable bonds is 3. The van der Waals surface area contributed by atoms with Gasteiger partial charge in [-0.3, -0.25) is 0 Å². The van der Waals surface area contributed by atoms with E-state index in [1.165, 1.54) is 0 Å². The Morgan fingerprint density at radius 1 is 1.06 bits per heavy atom. The van der Waals surface area contributed by atoms with E-state index >= 15 is 0 Å². The highest BCUT2D eigenvalue weighted by Gasteiger charge is 2.03. The summed E-state index contributed by atoms with van der Waals surface area (Å²) in [6, 6.07) is 11.2. The van der Waals surface area contributed by atoms with Crippen molar-refractivity contribution >= 4 is 49.1 Å². The molecular formula is C13H10Br2ClNO. The molecule has 0 aliphatic rings. The van der Waals surface area contributed by atoms with Gasteiger partial charge < -0.3 is 10.5 Å². The molecule has 94 valence electrons. The van der Waals surface area contributed by atoms with E-state index in [2.05, 4.69) is 31.9 Å². The number of nitrogen functional groups attached to an aromatic ring is 1. The topological polar surface area (TPSA) is 35.2 Å².